The van der Waals surface area contributed by atoms with Gasteiger partial charge in [-0.15, -0.1) is 0 Å². The van der Waals surface area contributed by atoms with Crippen molar-refractivity contribution in [2.45, 2.75) is 13.5 Å². The molecule has 0 saturated heterocycles. The van der Waals surface area contributed by atoms with Gasteiger partial charge < -0.3 is 11.1 Å². The second-order valence-electron chi connectivity index (χ2n) is 4.16. The zero-order valence-electron chi connectivity index (χ0n) is 10.5. The van der Waals surface area contributed by atoms with Gasteiger partial charge in [0.15, 0.2) is 0 Å². The molecule has 18 heavy (non-hydrogen) atoms. The van der Waals surface area contributed by atoms with Gasteiger partial charge in [0.25, 0.3) is 5.91 Å². The van der Waals surface area contributed by atoms with E-state index in [4.69, 9.17) is 5.73 Å². The third-order valence-corrected chi connectivity index (χ3v) is 2.71. The van der Waals surface area contributed by atoms with Crippen LogP contribution in [0.1, 0.15) is 21.6 Å². The Morgan fingerprint density at radius 2 is 2.06 bits per heavy atom. The van der Waals surface area contributed by atoms with E-state index in [2.05, 4.69) is 10.4 Å². The molecule has 0 aliphatic rings. The minimum atomic E-state index is -0.144. The van der Waals surface area contributed by atoms with E-state index in [0.717, 1.165) is 16.9 Å². The number of anilines is 1. The molecule has 3 N–H and O–H groups in total. The Bertz CT molecular complexity index is 557. The maximum absolute atomic E-state index is 12.0. The molecule has 5 nitrogen and oxygen atoms in total. The average molecular weight is 244 g/mol. The van der Waals surface area contributed by atoms with Crippen molar-refractivity contribution < 1.29 is 4.79 Å². The molecule has 0 unspecified atom stereocenters. The average Bonchev–Trinajstić information content (AvgIpc) is 2.68. The number of nitrogens with zero attached hydrogens (tertiary/aromatic N) is 2. The fraction of sp³-hybridized carbons (Fsp3) is 0.231. The largest absolute Gasteiger partial charge is 0.326 e. The topological polar surface area (TPSA) is 72.9 Å². The summed E-state index contributed by atoms with van der Waals surface area (Å²) in [6.45, 7) is 2.33. The van der Waals surface area contributed by atoms with Crippen molar-refractivity contribution in [1.29, 1.82) is 0 Å². The summed E-state index contributed by atoms with van der Waals surface area (Å²) in [6.07, 6.45) is 1.78. The van der Waals surface area contributed by atoms with Crippen molar-refractivity contribution in [3.05, 3.63) is 47.3 Å². The van der Waals surface area contributed by atoms with Crippen molar-refractivity contribution >= 4 is 11.6 Å². The van der Waals surface area contributed by atoms with Crippen LogP contribution in [-0.4, -0.2) is 15.7 Å². The van der Waals surface area contributed by atoms with E-state index in [1.165, 1.54) is 0 Å². The molecule has 1 aromatic heterocycles. The maximum atomic E-state index is 12.0. The molecular weight excluding hydrogens is 228 g/mol. The first-order chi connectivity index (χ1) is 8.60. The molecule has 0 fully saturated rings. The van der Waals surface area contributed by atoms with Gasteiger partial charge in [-0.25, -0.2) is 0 Å². The number of nitrogens with two attached hydrogens (primary N) is 1. The molecule has 1 aromatic carbocycles. The lowest BCUT2D eigenvalue weighted by Crippen LogP contribution is -2.12. The summed E-state index contributed by atoms with van der Waals surface area (Å²) in [6, 6.07) is 7.24. The molecule has 0 saturated carbocycles. The van der Waals surface area contributed by atoms with Gasteiger partial charge in [-0.3, -0.25) is 9.48 Å². The summed E-state index contributed by atoms with van der Waals surface area (Å²) < 4.78 is 1.67. The molecule has 1 heterocycles. The number of aryl methyl sites for hydroxylation is 2. The highest BCUT2D eigenvalue weighted by Crippen LogP contribution is 2.13. The number of hydrogen-bond acceptors (Lipinski definition) is 3. The molecule has 0 atom stereocenters. The predicted octanol–water partition coefficient (Wildman–Crippen LogP) is 1.44. The van der Waals surface area contributed by atoms with Crippen molar-refractivity contribution in [3.8, 4) is 0 Å². The first kappa shape index (κ1) is 12.3. The predicted molar refractivity (Wildman–Crippen MR) is 70.2 cm³/mol. The highest BCUT2D eigenvalue weighted by Gasteiger charge is 2.09. The highest BCUT2D eigenvalue weighted by atomic mass is 16.1. The van der Waals surface area contributed by atoms with E-state index in [1.54, 1.807) is 23.0 Å². The summed E-state index contributed by atoms with van der Waals surface area (Å²) >= 11 is 0. The first-order valence-corrected chi connectivity index (χ1v) is 5.70. The van der Waals surface area contributed by atoms with E-state index in [9.17, 15) is 4.79 Å². The van der Waals surface area contributed by atoms with Crippen LogP contribution in [0.4, 0.5) is 5.69 Å². The Morgan fingerprint density at radius 1 is 1.39 bits per heavy atom. The summed E-state index contributed by atoms with van der Waals surface area (Å²) in [4.78, 5) is 12.0. The summed E-state index contributed by atoms with van der Waals surface area (Å²) in [5.41, 5.74) is 8.64. The van der Waals surface area contributed by atoms with Crippen LogP contribution >= 0.6 is 0 Å². The van der Waals surface area contributed by atoms with Crippen LogP contribution in [0.25, 0.3) is 0 Å². The highest BCUT2D eigenvalue weighted by molar-refractivity contribution is 6.04. The number of hydrogen-bond donors (Lipinski definition) is 2. The third-order valence-electron chi connectivity index (χ3n) is 2.71. The Labute approximate surface area is 106 Å². The van der Waals surface area contributed by atoms with E-state index < -0.39 is 0 Å². The summed E-state index contributed by atoms with van der Waals surface area (Å²) in [5, 5.41) is 7.00. The summed E-state index contributed by atoms with van der Waals surface area (Å²) in [5.74, 6) is -0.144. The van der Waals surface area contributed by atoms with Crippen LogP contribution in [0.15, 0.2) is 30.5 Å². The van der Waals surface area contributed by atoms with Gasteiger partial charge in [-0.2, -0.15) is 5.10 Å². The van der Waals surface area contributed by atoms with Gasteiger partial charge in [0.1, 0.15) is 0 Å². The molecule has 1 amide bonds. The lowest BCUT2D eigenvalue weighted by molar-refractivity contribution is 0.102. The quantitative estimate of drug-likeness (QED) is 0.858. The molecule has 2 aromatic rings. The van der Waals surface area contributed by atoms with Gasteiger partial charge in [0.05, 0.1) is 11.4 Å². The van der Waals surface area contributed by atoms with E-state index in [1.807, 2.05) is 26.1 Å². The molecule has 0 aliphatic carbocycles. The summed E-state index contributed by atoms with van der Waals surface area (Å²) in [7, 11) is 1.82. The maximum Gasteiger partial charge on any atom is 0.255 e. The van der Waals surface area contributed by atoms with Crippen LogP contribution in [-0.2, 0) is 13.6 Å². The van der Waals surface area contributed by atoms with Gasteiger partial charge in [0, 0.05) is 25.4 Å². The molecule has 0 bridgehead atoms. The number of benzene rings is 1. The van der Waals surface area contributed by atoms with Crippen LogP contribution in [0.5, 0.6) is 0 Å². The lowest BCUT2D eigenvalue weighted by atomic mass is 10.1. The van der Waals surface area contributed by atoms with Crippen molar-refractivity contribution in [3.63, 3.8) is 0 Å². The molecule has 0 aliphatic heterocycles. The monoisotopic (exact) mass is 244 g/mol. The third kappa shape index (κ3) is 2.57. The zero-order valence-corrected chi connectivity index (χ0v) is 10.5. The minimum absolute atomic E-state index is 0.144. The van der Waals surface area contributed by atoms with E-state index >= 15 is 0 Å². The molecular formula is C13H16N4O. The van der Waals surface area contributed by atoms with Gasteiger partial charge in [-0.1, -0.05) is 12.1 Å². The number of rotatable bonds is 3. The van der Waals surface area contributed by atoms with Crippen LogP contribution < -0.4 is 11.1 Å². The van der Waals surface area contributed by atoms with E-state index in [0.29, 0.717) is 12.1 Å². The Morgan fingerprint density at radius 3 is 2.56 bits per heavy atom. The van der Waals surface area contributed by atoms with Crippen LogP contribution in [0, 0.1) is 6.92 Å². The molecule has 5 heteroatoms. The Balaban J connectivity index is 2.14. The van der Waals surface area contributed by atoms with Gasteiger partial charge >= 0.3 is 0 Å². The van der Waals surface area contributed by atoms with Gasteiger partial charge in [-0.05, 0) is 24.6 Å². The fourth-order valence-corrected chi connectivity index (χ4v) is 1.71. The Hall–Kier alpha value is -2.14. The van der Waals surface area contributed by atoms with Crippen molar-refractivity contribution in [2.75, 3.05) is 5.32 Å². The first-order valence-electron chi connectivity index (χ1n) is 5.70. The lowest BCUT2D eigenvalue weighted by Gasteiger charge is -2.04. The van der Waals surface area contributed by atoms with Crippen molar-refractivity contribution in [2.24, 2.45) is 12.8 Å². The van der Waals surface area contributed by atoms with Gasteiger partial charge in [0.2, 0.25) is 0 Å². The SMILES string of the molecule is Cc1nn(C)cc1NC(=O)c1ccc(CN)cc1. The van der Waals surface area contributed by atoms with E-state index in [-0.39, 0.29) is 5.91 Å². The minimum Gasteiger partial charge on any atom is -0.326 e. The number of carbonyl (C=O) groups excluding carboxylic acids is 1. The molecule has 0 radical (unpaired) electrons. The Kier molecular flexibility index (Phi) is 3.43. The van der Waals surface area contributed by atoms with Crippen LogP contribution in [0.2, 0.25) is 0 Å². The normalized spacial score (nSPS) is 10.4. The van der Waals surface area contributed by atoms with Crippen molar-refractivity contribution in [1.82, 2.24) is 9.78 Å². The number of amides is 1. The number of nitrogens with one attached hydrogen (secondary N) is 1. The second-order valence-corrected chi connectivity index (χ2v) is 4.16. The number of aromatic nitrogens is 2. The fourth-order valence-electron chi connectivity index (χ4n) is 1.71. The molecule has 0 spiro atoms. The smallest absolute Gasteiger partial charge is 0.255 e. The standard InChI is InChI=1S/C13H16N4O/c1-9-12(8-17(2)16-9)15-13(18)11-5-3-10(7-14)4-6-11/h3-6,8H,7,14H2,1-2H3,(H,15,18). The second kappa shape index (κ2) is 5.01. The zero-order chi connectivity index (χ0) is 13.1. The number of carbonyl (C=O) groups is 1. The molecule has 2 rings (SSSR count). The molecule has 94 valence electrons. The van der Waals surface area contributed by atoms with Crippen LogP contribution in [0.3, 0.4) is 0 Å².